The first-order chi connectivity index (χ1) is 18.0. The fourth-order valence-electron chi connectivity index (χ4n) is 3.84. The predicted molar refractivity (Wildman–Crippen MR) is 134 cm³/mol. The fraction of sp³-hybridized carbons (Fsp3) is 0.200. The van der Waals surface area contributed by atoms with Gasteiger partial charge < -0.3 is 19.5 Å². The van der Waals surface area contributed by atoms with Crippen molar-refractivity contribution >= 4 is 39.2 Å². The number of para-hydroxylation sites is 1. The Morgan fingerprint density at radius 1 is 1.16 bits per heavy atom. The zero-order chi connectivity index (χ0) is 27.6. The van der Waals surface area contributed by atoms with Gasteiger partial charge in [-0.2, -0.15) is 0 Å². The summed E-state index contributed by atoms with van der Waals surface area (Å²) in [6.07, 6.45) is -0.173. The van der Waals surface area contributed by atoms with E-state index < -0.39 is 54.9 Å². The SMILES string of the molecule is COC(=O)CCN1CCOc2ccccc2-c2cc(c(F)cc2F)NS(=O)(=O)c2cc(cc(Cl)c2O)C1=O. The number of benzene rings is 3. The maximum atomic E-state index is 14.9. The maximum absolute atomic E-state index is 14.9. The third-order valence-corrected chi connectivity index (χ3v) is 7.43. The minimum atomic E-state index is -4.74. The molecule has 2 N–H and O–H groups in total. The number of methoxy groups -OCH3 is 1. The highest BCUT2D eigenvalue weighted by Crippen LogP contribution is 2.37. The van der Waals surface area contributed by atoms with Gasteiger partial charge in [-0.05, 0) is 24.3 Å². The molecule has 38 heavy (non-hydrogen) atoms. The molecule has 1 heterocycles. The monoisotopic (exact) mass is 566 g/mol. The molecule has 1 aliphatic rings. The molecule has 0 fully saturated rings. The van der Waals surface area contributed by atoms with Gasteiger partial charge in [0.25, 0.3) is 15.9 Å². The van der Waals surface area contributed by atoms with Crippen molar-refractivity contribution in [2.24, 2.45) is 0 Å². The van der Waals surface area contributed by atoms with Crippen molar-refractivity contribution in [3.8, 4) is 22.6 Å². The van der Waals surface area contributed by atoms with Crippen LogP contribution in [0.15, 0.2) is 53.4 Å². The lowest BCUT2D eigenvalue weighted by atomic mass is 10.0. The van der Waals surface area contributed by atoms with Crippen LogP contribution in [-0.2, 0) is 19.6 Å². The lowest BCUT2D eigenvalue weighted by Gasteiger charge is -2.23. The van der Waals surface area contributed by atoms with Crippen LogP contribution in [0.25, 0.3) is 11.1 Å². The van der Waals surface area contributed by atoms with Gasteiger partial charge in [-0.3, -0.25) is 14.3 Å². The summed E-state index contributed by atoms with van der Waals surface area (Å²) in [5.41, 5.74) is -0.810. The van der Waals surface area contributed by atoms with Crippen LogP contribution in [0.3, 0.4) is 0 Å². The first kappa shape index (κ1) is 27.1. The average molecular weight is 567 g/mol. The largest absolute Gasteiger partial charge is 0.505 e. The number of phenolic OH excluding ortho intramolecular Hbond substituents is 1. The number of esters is 1. The lowest BCUT2D eigenvalue weighted by molar-refractivity contribution is -0.140. The van der Waals surface area contributed by atoms with Gasteiger partial charge in [-0.15, -0.1) is 0 Å². The highest BCUT2D eigenvalue weighted by Gasteiger charge is 2.28. The Morgan fingerprint density at radius 3 is 2.63 bits per heavy atom. The van der Waals surface area contributed by atoms with E-state index >= 15 is 0 Å². The van der Waals surface area contributed by atoms with E-state index in [4.69, 9.17) is 16.3 Å². The van der Waals surface area contributed by atoms with Crippen LogP contribution in [0.5, 0.6) is 11.5 Å². The second-order valence-electron chi connectivity index (χ2n) is 8.19. The van der Waals surface area contributed by atoms with Crippen molar-refractivity contribution in [3.05, 3.63) is 70.8 Å². The van der Waals surface area contributed by atoms with Crippen molar-refractivity contribution in [2.45, 2.75) is 11.3 Å². The second kappa shape index (κ2) is 10.8. The average Bonchev–Trinajstić information content (AvgIpc) is 2.88. The molecule has 4 rings (SSSR count). The molecular weight excluding hydrogens is 546 g/mol. The molecule has 0 unspecified atom stereocenters. The number of nitrogens with zero attached hydrogens (tertiary/aromatic N) is 1. The number of hydrogen-bond acceptors (Lipinski definition) is 7. The van der Waals surface area contributed by atoms with Crippen molar-refractivity contribution in [3.63, 3.8) is 0 Å². The van der Waals surface area contributed by atoms with Crippen LogP contribution in [0.1, 0.15) is 16.8 Å². The van der Waals surface area contributed by atoms with Crippen molar-refractivity contribution in [1.29, 1.82) is 0 Å². The van der Waals surface area contributed by atoms with Crippen LogP contribution >= 0.6 is 11.6 Å². The molecule has 3 aromatic carbocycles. The summed E-state index contributed by atoms with van der Waals surface area (Å²) in [5, 5.41) is 9.95. The molecule has 3 aromatic rings. The highest BCUT2D eigenvalue weighted by atomic mass is 35.5. The Hall–Kier alpha value is -3.90. The van der Waals surface area contributed by atoms with E-state index in [-0.39, 0.29) is 48.6 Å². The number of halogens is 3. The van der Waals surface area contributed by atoms with Gasteiger partial charge in [-0.1, -0.05) is 29.8 Å². The summed E-state index contributed by atoms with van der Waals surface area (Å²) in [5.74, 6) is -4.21. The molecule has 1 aliphatic heterocycles. The number of amides is 1. The molecule has 0 aromatic heterocycles. The number of aromatic hydroxyl groups is 1. The van der Waals surface area contributed by atoms with Crippen molar-refractivity contribution in [2.75, 3.05) is 31.5 Å². The molecule has 0 atom stereocenters. The number of phenols is 1. The molecule has 0 saturated carbocycles. The van der Waals surface area contributed by atoms with Crippen LogP contribution in [0, 0.1) is 11.6 Å². The maximum Gasteiger partial charge on any atom is 0.307 e. The number of anilines is 1. The normalized spacial score (nSPS) is 14.8. The Balaban J connectivity index is 1.90. The Labute approximate surface area is 221 Å². The first-order valence-corrected chi connectivity index (χ1v) is 13.0. The van der Waals surface area contributed by atoms with Gasteiger partial charge in [-0.25, -0.2) is 17.2 Å². The Morgan fingerprint density at radius 2 is 1.89 bits per heavy atom. The van der Waals surface area contributed by atoms with E-state index in [1.54, 1.807) is 12.1 Å². The third kappa shape index (κ3) is 5.50. The predicted octanol–water partition coefficient (Wildman–Crippen LogP) is 4.19. The van der Waals surface area contributed by atoms with E-state index in [1.165, 1.54) is 24.1 Å². The molecule has 0 spiro atoms. The zero-order valence-corrected chi connectivity index (χ0v) is 21.4. The molecule has 0 aliphatic carbocycles. The number of ether oxygens (including phenoxy) is 2. The quantitative estimate of drug-likeness (QED) is 0.456. The summed E-state index contributed by atoms with van der Waals surface area (Å²) >= 11 is 6.04. The minimum absolute atomic E-state index is 0.0693. The second-order valence-corrected chi connectivity index (χ2v) is 10.2. The number of rotatable bonds is 3. The van der Waals surface area contributed by atoms with Crippen molar-refractivity contribution in [1.82, 2.24) is 4.90 Å². The topological polar surface area (TPSA) is 122 Å². The van der Waals surface area contributed by atoms with Gasteiger partial charge in [0.05, 0.1) is 30.8 Å². The molecule has 0 saturated heterocycles. The highest BCUT2D eigenvalue weighted by molar-refractivity contribution is 7.92. The molecule has 4 bridgehead atoms. The van der Waals surface area contributed by atoms with Gasteiger partial charge >= 0.3 is 5.97 Å². The van der Waals surface area contributed by atoms with Crippen LogP contribution in [0.4, 0.5) is 14.5 Å². The molecular formula is C25H21ClF2N2O7S. The number of carbonyl (C=O) groups is 2. The first-order valence-electron chi connectivity index (χ1n) is 11.1. The Bertz CT molecular complexity index is 1530. The summed E-state index contributed by atoms with van der Waals surface area (Å²) in [7, 11) is -3.55. The van der Waals surface area contributed by atoms with Gasteiger partial charge in [0.2, 0.25) is 0 Å². The third-order valence-electron chi connectivity index (χ3n) is 5.76. The van der Waals surface area contributed by atoms with E-state index in [1.807, 2.05) is 4.72 Å². The molecule has 0 radical (unpaired) electrons. The van der Waals surface area contributed by atoms with Crippen LogP contribution < -0.4 is 9.46 Å². The smallest absolute Gasteiger partial charge is 0.307 e. The molecule has 1 amide bonds. The van der Waals surface area contributed by atoms with E-state index in [2.05, 4.69) is 4.74 Å². The molecule has 13 heteroatoms. The molecule has 9 nitrogen and oxygen atoms in total. The zero-order valence-electron chi connectivity index (χ0n) is 19.8. The van der Waals surface area contributed by atoms with E-state index in [0.717, 1.165) is 18.2 Å². The van der Waals surface area contributed by atoms with Crippen molar-refractivity contribution < 1.29 is 41.4 Å². The summed E-state index contributed by atoms with van der Waals surface area (Å²) < 4.78 is 68.4. The lowest BCUT2D eigenvalue weighted by Crippen LogP contribution is -2.36. The van der Waals surface area contributed by atoms with Gasteiger partial charge in [0.1, 0.15) is 28.9 Å². The summed E-state index contributed by atoms with van der Waals surface area (Å²) in [6.45, 7) is -0.287. The number of nitrogens with one attached hydrogen (secondary N) is 1. The number of sulfonamides is 1. The minimum Gasteiger partial charge on any atom is -0.505 e. The standard InChI is InChI=1S/C25H21ClF2N2O7S/c1-36-23(31)6-7-30-8-9-37-21-5-3-2-4-15(21)16-12-20(19(28)13-18(16)27)29-38(34,35)22-11-14(25(30)33)10-17(26)24(22)32/h2-5,10-13,29,32H,6-9H2,1H3. The van der Waals surface area contributed by atoms with Gasteiger partial charge in [0, 0.05) is 29.3 Å². The van der Waals surface area contributed by atoms with Crippen LogP contribution in [-0.4, -0.2) is 57.1 Å². The van der Waals surface area contributed by atoms with E-state index in [9.17, 15) is 31.9 Å². The number of hydrogen-bond donors (Lipinski definition) is 2. The fourth-order valence-corrected chi connectivity index (χ4v) is 5.32. The number of fused-ring (bicyclic) bond motifs is 6. The van der Waals surface area contributed by atoms with Crippen LogP contribution in [0.2, 0.25) is 5.02 Å². The van der Waals surface area contributed by atoms with Gasteiger partial charge in [0.15, 0.2) is 5.75 Å². The van der Waals surface area contributed by atoms with E-state index in [0.29, 0.717) is 6.07 Å². The number of carbonyl (C=O) groups excluding carboxylic acids is 2. The summed E-state index contributed by atoms with van der Waals surface area (Å²) in [4.78, 5) is 25.5. The summed E-state index contributed by atoms with van der Waals surface area (Å²) in [6, 6.07) is 9.64. The Kier molecular flexibility index (Phi) is 7.74. The molecule has 200 valence electrons.